The number of hydrogen-bond acceptors (Lipinski definition) is 3. The van der Waals surface area contributed by atoms with E-state index in [4.69, 9.17) is 0 Å². The van der Waals surface area contributed by atoms with Crippen molar-refractivity contribution in [3.63, 3.8) is 0 Å². The minimum Gasteiger partial charge on any atom is -0.337 e. The first kappa shape index (κ1) is 17.5. The Morgan fingerprint density at radius 2 is 2.17 bits per heavy atom. The Morgan fingerprint density at radius 3 is 2.83 bits per heavy atom. The van der Waals surface area contributed by atoms with Gasteiger partial charge in [0.2, 0.25) is 11.8 Å². The van der Waals surface area contributed by atoms with Gasteiger partial charge in [-0.2, -0.15) is 0 Å². The van der Waals surface area contributed by atoms with E-state index in [1.807, 2.05) is 0 Å². The SMILES string of the molecule is C=CCN1CCC(N(C)C(=O)c2cccc(NC(=O)C=C)c2)C1=O. The molecule has 126 valence electrons. The highest BCUT2D eigenvalue weighted by atomic mass is 16.2. The number of carbonyl (C=O) groups is 3. The van der Waals surface area contributed by atoms with Crippen LogP contribution in [0.2, 0.25) is 0 Å². The Morgan fingerprint density at radius 1 is 1.42 bits per heavy atom. The van der Waals surface area contributed by atoms with Crippen LogP contribution in [-0.4, -0.2) is 53.7 Å². The van der Waals surface area contributed by atoms with Gasteiger partial charge in [-0.3, -0.25) is 14.4 Å². The average Bonchev–Trinajstić information content (AvgIpc) is 2.95. The van der Waals surface area contributed by atoms with E-state index in [1.54, 1.807) is 42.3 Å². The van der Waals surface area contributed by atoms with E-state index in [1.165, 1.54) is 4.90 Å². The second kappa shape index (κ2) is 7.59. The monoisotopic (exact) mass is 327 g/mol. The molecule has 0 aromatic heterocycles. The molecule has 6 nitrogen and oxygen atoms in total. The largest absolute Gasteiger partial charge is 0.337 e. The van der Waals surface area contributed by atoms with E-state index in [9.17, 15) is 14.4 Å². The van der Waals surface area contributed by atoms with Crippen molar-refractivity contribution in [3.8, 4) is 0 Å². The molecule has 1 aliphatic heterocycles. The molecule has 1 N–H and O–H groups in total. The quantitative estimate of drug-likeness (QED) is 0.638. The maximum Gasteiger partial charge on any atom is 0.254 e. The predicted octanol–water partition coefficient (Wildman–Crippen LogP) is 1.67. The standard InChI is InChI=1S/C18H21N3O3/c1-4-10-21-11-9-15(18(21)24)20(3)17(23)13-7-6-8-14(12-13)19-16(22)5-2/h4-8,12,15H,1-2,9-11H2,3H3,(H,19,22). The first-order valence-electron chi connectivity index (χ1n) is 7.68. The lowest BCUT2D eigenvalue weighted by Gasteiger charge is -2.24. The molecule has 1 saturated heterocycles. The van der Waals surface area contributed by atoms with Crippen molar-refractivity contribution in [2.45, 2.75) is 12.5 Å². The number of carbonyl (C=O) groups excluding carboxylic acids is 3. The van der Waals surface area contributed by atoms with Crippen molar-refractivity contribution in [2.24, 2.45) is 0 Å². The minimum absolute atomic E-state index is 0.0677. The summed E-state index contributed by atoms with van der Waals surface area (Å²) < 4.78 is 0. The van der Waals surface area contributed by atoms with E-state index < -0.39 is 6.04 Å². The highest BCUT2D eigenvalue weighted by Gasteiger charge is 2.36. The fraction of sp³-hybridized carbons (Fsp3) is 0.278. The number of likely N-dealkylation sites (tertiary alicyclic amines) is 1. The van der Waals surface area contributed by atoms with Gasteiger partial charge in [-0.25, -0.2) is 0 Å². The number of anilines is 1. The molecule has 1 aromatic carbocycles. The molecule has 0 bridgehead atoms. The van der Waals surface area contributed by atoms with Crippen molar-refractivity contribution in [3.05, 3.63) is 55.1 Å². The summed E-state index contributed by atoms with van der Waals surface area (Å²) in [6.07, 6.45) is 3.43. The second-order valence-electron chi connectivity index (χ2n) is 5.57. The highest BCUT2D eigenvalue weighted by Crippen LogP contribution is 2.19. The van der Waals surface area contributed by atoms with Crippen LogP contribution in [0, 0.1) is 0 Å². The van der Waals surface area contributed by atoms with Crippen LogP contribution in [0.3, 0.4) is 0 Å². The molecule has 0 radical (unpaired) electrons. The fourth-order valence-electron chi connectivity index (χ4n) is 2.69. The number of amides is 3. The lowest BCUT2D eigenvalue weighted by atomic mass is 10.1. The van der Waals surface area contributed by atoms with Gasteiger partial charge >= 0.3 is 0 Å². The number of nitrogens with zero attached hydrogens (tertiary/aromatic N) is 2. The maximum atomic E-state index is 12.7. The van der Waals surface area contributed by atoms with Crippen molar-refractivity contribution in [1.29, 1.82) is 0 Å². The van der Waals surface area contributed by atoms with Crippen molar-refractivity contribution in [1.82, 2.24) is 9.80 Å². The third-order valence-electron chi connectivity index (χ3n) is 3.97. The molecule has 24 heavy (non-hydrogen) atoms. The molecule has 0 spiro atoms. The number of hydrogen-bond donors (Lipinski definition) is 1. The molecule has 1 atom stereocenters. The lowest BCUT2D eigenvalue weighted by Crippen LogP contribution is -2.42. The molecule has 1 fully saturated rings. The van der Waals surface area contributed by atoms with Crippen molar-refractivity contribution < 1.29 is 14.4 Å². The summed E-state index contributed by atoms with van der Waals surface area (Å²) in [7, 11) is 1.62. The number of likely N-dealkylation sites (N-methyl/N-ethyl adjacent to an activating group) is 1. The first-order valence-corrected chi connectivity index (χ1v) is 7.68. The van der Waals surface area contributed by atoms with E-state index in [0.717, 1.165) is 6.08 Å². The summed E-state index contributed by atoms with van der Waals surface area (Å²) in [5.74, 6) is -0.677. The smallest absolute Gasteiger partial charge is 0.254 e. The van der Waals surface area contributed by atoms with Gasteiger partial charge < -0.3 is 15.1 Å². The maximum absolute atomic E-state index is 12.7. The highest BCUT2D eigenvalue weighted by molar-refractivity contribution is 6.01. The van der Waals surface area contributed by atoms with Crippen LogP contribution in [0.5, 0.6) is 0 Å². The van der Waals surface area contributed by atoms with E-state index in [0.29, 0.717) is 30.8 Å². The molecule has 2 rings (SSSR count). The predicted molar refractivity (Wildman–Crippen MR) is 92.5 cm³/mol. The molecule has 3 amide bonds. The van der Waals surface area contributed by atoms with Crippen molar-refractivity contribution >= 4 is 23.4 Å². The number of nitrogens with one attached hydrogen (secondary N) is 1. The van der Waals surface area contributed by atoms with Gasteiger partial charge in [0.15, 0.2) is 0 Å². The van der Waals surface area contributed by atoms with Crippen molar-refractivity contribution in [2.75, 3.05) is 25.5 Å². The Labute approximate surface area is 141 Å². The fourth-order valence-corrected chi connectivity index (χ4v) is 2.69. The normalized spacial score (nSPS) is 16.6. The molecule has 0 aliphatic carbocycles. The molecule has 6 heteroatoms. The minimum atomic E-state index is -0.469. The van der Waals surface area contributed by atoms with Crippen LogP contribution in [-0.2, 0) is 9.59 Å². The molecule has 1 aromatic rings. The molecule has 1 heterocycles. The van der Waals surface area contributed by atoms with Gasteiger partial charge in [0.05, 0.1) is 0 Å². The van der Waals surface area contributed by atoms with Gasteiger partial charge in [0.1, 0.15) is 6.04 Å². The second-order valence-corrected chi connectivity index (χ2v) is 5.57. The number of rotatable bonds is 6. The molecular weight excluding hydrogens is 306 g/mol. The van der Waals surface area contributed by atoms with Crippen LogP contribution in [0.15, 0.2) is 49.6 Å². The van der Waals surface area contributed by atoms with Crippen LogP contribution in [0.1, 0.15) is 16.8 Å². The Hall–Kier alpha value is -2.89. The van der Waals surface area contributed by atoms with Crippen LogP contribution >= 0.6 is 0 Å². The van der Waals surface area contributed by atoms with Crippen LogP contribution in [0.25, 0.3) is 0 Å². The summed E-state index contributed by atoms with van der Waals surface area (Å²) >= 11 is 0. The third kappa shape index (κ3) is 3.71. The number of benzene rings is 1. The lowest BCUT2D eigenvalue weighted by molar-refractivity contribution is -0.130. The summed E-state index contributed by atoms with van der Waals surface area (Å²) in [5, 5.41) is 2.61. The Kier molecular flexibility index (Phi) is 5.52. The van der Waals surface area contributed by atoms with Gasteiger partial charge in [0, 0.05) is 31.4 Å². The molecule has 1 aliphatic rings. The topological polar surface area (TPSA) is 69.7 Å². The zero-order chi connectivity index (χ0) is 17.7. The van der Waals surface area contributed by atoms with Gasteiger partial charge in [-0.15, -0.1) is 6.58 Å². The summed E-state index contributed by atoms with van der Waals surface area (Å²) in [4.78, 5) is 39.5. The first-order chi connectivity index (χ1) is 11.5. The summed E-state index contributed by atoms with van der Waals surface area (Å²) in [5.41, 5.74) is 0.916. The molecular formula is C18H21N3O3. The van der Waals surface area contributed by atoms with Gasteiger partial charge in [0.25, 0.3) is 5.91 Å². The van der Waals surface area contributed by atoms with E-state index in [-0.39, 0.29) is 17.7 Å². The average molecular weight is 327 g/mol. The Bertz CT molecular complexity index is 684. The van der Waals surface area contributed by atoms with Gasteiger partial charge in [-0.05, 0) is 30.7 Å². The van der Waals surface area contributed by atoms with E-state index >= 15 is 0 Å². The zero-order valence-electron chi connectivity index (χ0n) is 13.7. The van der Waals surface area contributed by atoms with E-state index in [2.05, 4.69) is 18.5 Å². The third-order valence-corrected chi connectivity index (χ3v) is 3.97. The molecule has 1 unspecified atom stereocenters. The van der Waals surface area contributed by atoms with Gasteiger partial charge in [-0.1, -0.05) is 18.7 Å². The van der Waals surface area contributed by atoms with Crippen LogP contribution in [0.4, 0.5) is 5.69 Å². The van der Waals surface area contributed by atoms with Crippen LogP contribution < -0.4 is 5.32 Å². The molecule has 0 saturated carbocycles. The zero-order valence-corrected chi connectivity index (χ0v) is 13.7. The summed E-state index contributed by atoms with van der Waals surface area (Å²) in [6, 6.07) is 6.14. The summed E-state index contributed by atoms with van der Waals surface area (Å²) in [6.45, 7) is 8.12. The Balaban J connectivity index is 2.12.